The van der Waals surface area contributed by atoms with Crippen LogP contribution >= 0.6 is 12.2 Å². The monoisotopic (exact) mass is 577 g/mol. The third-order valence-electron chi connectivity index (χ3n) is 7.50. The van der Waals surface area contributed by atoms with Crippen LogP contribution in [0.5, 0.6) is 0 Å². The van der Waals surface area contributed by atoms with E-state index in [0.29, 0.717) is 23.0 Å². The number of hydrogen-bond acceptors (Lipinski definition) is 5. The van der Waals surface area contributed by atoms with Crippen molar-refractivity contribution in [1.82, 2.24) is 14.7 Å². The van der Waals surface area contributed by atoms with Gasteiger partial charge in [-0.2, -0.15) is 0 Å². The first-order valence-electron chi connectivity index (χ1n) is 13.8. The lowest BCUT2D eigenvalue weighted by Crippen LogP contribution is -2.47. The van der Waals surface area contributed by atoms with Crippen molar-refractivity contribution < 1.29 is 18.4 Å². The summed E-state index contributed by atoms with van der Waals surface area (Å²) >= 11 is 5.72. The molecular formula is C31H33F2N5O2S. The number of benzene rings is 3. The largest absolute Gasteiger partial charge is 0.336 e. The summed E-state index contributed by atoms with van der Waals surface area (Å²) in [7, 11) is 0. The highest BCUT2D eigenvalue weighted by Gasteiger charge is 2.44. The fourth-order valence-corrected chi connectivity index (χ4v) is 5.73. The van der Waals surface area contributed by atoms with Gasteiger partial charge in [-0.1, -0.05) is 30.3 Å². The van der Waals surface area contributed by atoms with Gasteiger partial charge in [0, 0.05) is 45.0 Å². The fourth-order valence-electron chi connectivity index (χ4n) is 5.31. The molecule has 10 heteroatoms. The Kier molecular flexibility index (Phi) is 9.33. The molecule has 5 rings (SSSR count). The molecule has 0 spiro atoms. The summed E-state index contributed by atoms with van der Waals surface area (Å²) < 4.78 is 26.8. The standard InChI is InChI=1S/C31H33F2N5O2S/c32-24-7-11-26(12-8-24)34-29(39)21-28-30(40)38(27-13-9-25(33)10-14-27)31(41)37(28)16-4-15-35-17-19-36(20-18-35)22-23-5-2-1-3-6-23/h1-3,5-14,28H,4,15-22H2,(H,34,39)/t28-/m0/s1. The number of nitrogens with one attached hydrogen (secondary N) is 1. The summed E-state index contributed by atoms with van der Waals surface area (Å²) in [5.41, 5.74) is 2.22. The second kappa shape index (κ2) is 13.3. The van der Waals surface area contributed by atoms with Gasteiger partial charge in [-0.05, 0) is 79.3 Å². The van der Waals surface area contributed by atoms with Crippen molar-refractivity contribution in [2.45, 2.75) is 25.4 Å². The molecule has 0 aliphatic carbocycles. The number of rotatable bonds is 10. The molecule has 3 aromatic rings. The summed E-state index contributed by atoms with van der Waals surface area (Å²) in [6.45, 7) is 6.18. The van der Waals surface area contributed by atoms with Gasteiger partial charge in [-0.15, -0.1) is 0 Å². The van der Waals surface area contributed by atoms with E-state index in [-0.39, 0.29) is 18.2 Å². The Bertz CT molecular complexity index is 1350. The molecule has 3 aromatic carbocycles. The van der Waals surface area contributed by atoms with Gasteiger partial charge in [0.25, 0.3) is 5.91 Å². The molecule has 1 N–H and O–H groups in total. The van der Waals surface area contributed by atoms with Crippen LogP contribution in [0.2, 0.25) is 0 Å². The number of carbonyl (C=O) groups excluding carboxylic acids is 2. The molecule has 2 aliphatic rings. The Morgan fingerprint density at radius 1 is 0.829 bits per heavy atom. The van der Waals surface area contributed by atoms with E-state index >= 15 is 0 Å². The molecule has 2 heterocycles. The van der Waals surface area contributed by atoms with E-state index < -0.39 is 17.7 Å². The number of carbonyl (C=O) groups is 2. The molecule has 1 atom stereocenters. The SMILES string of the molecule is O=C(C[C@H]1C(=O)N(c2ccc(F)cc2)C(=S)N1CCCN1CCN(Cc2ccccc2)CC1)Nc1ccc(F)cc1. The minimum Gasteiger partial charge on any atom is -0.336 e. The molecule has 2 amide bonds. The van der Waals surface area contributed by atoms with E-state index in [1.807, 2.05) is 6.07 Å². The minimum absolute atomic E-state index is 0.119. The van der Waals surface area contributed by atoms with E-state index in [0.717, 1.165) is 45.7 Å². The van der Waals surface area contributed by atoms with Crippen molar-refractivity contribution in [2.24, 2.45) is 0 Å². The lowest BCUT2D eigenvalue weighted by Gasteiger charge is -2.35. The number of nitrogens with zero attached hydrogens (tertiary/aromatic N) is 4. The van der Waals surface area contributed by atoms with Crippen molar-refractivity contribution in [3.63, 3.8) is 0 Å². The van der Waals surface area contributed by atoms with Gasteiger partial charge in [-0.25, -0.2) is 8.78 Å². The first-order chi connectivity index (χ1) is 19.9. The van der Waals surface area contributed by atoms with Crippen LogP contribution in [0.25, 0.3) is 0 Å². The quantitative estimate of drug-likeness (QED) is 0.358. The van der Waals surface area contributed by atoms with Crippen molar-refractivity contribution >= 4 is 40.5 Å². The van der Waals surface area contributed by atoms with Crippen molar-refractivity contribution in [2.75, 3.05) is 49.5 Å². The zero-order valence-electron chi connectivity index (χ0n) is 22.7. The maximum absolute atomic E-state index is 13.6. The van der Waals surface area contributed by atoms with Crippen LogP contribution in [-0.2, 0) is 16.1 Å². The molecule has 41 heavy (non-hydrogen) atoms. The summed E-state index contributed by atoms with van der Waals surface area (Å²) in [5.74, 6) is -1.52. The van der Waals surface area contributed by atoms with E-state index in [1.54, 1.807) is 4.90 Å². The van der Waals surface area contributed by atoms with Crippen LogP contribution in [0.1, 0.15) is 18.4 Å². The number of piperazine rings is 1. The van der Waals surface area contributed by atoms with Crippen molar-refractivity contribution in [3.8, 4) is 0 Å². The summed E-state index contributed by atoms with van der Waals surface area (Å²) in [6, 6.07) is 20.7. The lowest BCUT2D eigenvalue weighted by molar-refractivity contribution is -0.124. The highest BCUT2D eigenvalue weighted by Crippen LogP contribution is 2.28. The van der Waals surface area contributed by atoms with Gasteiger partial charge in [0.05, 0.1) is 12.1 Å². The molecule has 0 aromatic heterocycles. The predicted octanol–water partition coefficient (Wildman–Crippen LogP) is 4.50. The molecule has 0 radical (unpaired) electrons. The maximum atomic E-state index is 13.6. The average molecular weight is 578 g/mol. The zero-order chi connectivity index (χ0) is 28.8. The summed E-state index contributed by atoms with van der Waals surface area (Å²) in [4.78, 5) is 34.5. The van der Waals surface area contributed by atoms with Gasteiger partial charge in [0.2, 0.25) is 5.91 Å². The lowest BCUT2D eigenvalue weighted by atomic mass is 10.1. The topological polar surface area (TPSA) is 59.1 Å². The minimum atomic E-state index is -0.796. The number of amides is 2. The first kappa shape index (κ1) is 28.8. The van der Waals surface area contributed by atoms with Crippen LogP contribution in [0.15, 0.2) is 78.9 Å². The third kappa shape index (κ3) is 7.32. The maximum Gasteiger partial charge on any atom is 0.256 e. The van der Waals surface area contributed by atoms with Crippen molar-refractivity contribution in [1.29, 1.82) is 0 Å². The molecule has 2 aliphatic heterocycles. The van der Waals surface area contributed by atoms with Gasteiger partial charge < -0.3 is 15.1 Å². The normalized spacial score (nSPS) is 18.2. The van der Waals surface area contributed by atoms with E-state index in [2.05, 4.69) is 39.4 Å². The Hall–Kier alpha value is -3.73. The van der Waals surface area contributed by atoms with Crippen LogP contribution in [0.4, 0.5) is 20.2 Å². The molecule has 214 valence electrons. The first-order valence-corrected chi connectivity index (χ1v) is 14.2. The second-order valence-corrected chi connectivity index (χ2v) is 10.7. The Morgan fingerprint density at radius 3 is 2.10 bits per heavy atom. The smallest absolute Gasteiger partial charge is 0.256 e. The average Bonchev–Trinajstić information content (AvgIpc) is 3.20. The fraction of sp³-hybridized carbons (Fsp3) is 0.323. The molecular weight excluding hydrogens is 544 g/mol. The second-order valence-electron chi connectivity index (χ2n) is 10.4. The highest BCUT2D eigenvalue weighted by molar-refractivity contribution is 7.80. The van der Waals surface area contributed by atoms with Crippen LogP contribution in [0.3, 0.4) is 0 Å². The number of hydrogen-bond donors (Lipinski definition) is 1. The summed E-state index contributed by atoms with van der Waals surface area (Å²) in [6.07, 6.45) is 0.644. The van der Waals surface area contributed by atoms with Crippen LogP contribution < -0.4 is 10.2 Å². The van der Waals surface area contributed by atoms with Crippen LogP contribution in [-0.4, -0.2) is 76.9 Å². The van der Waals surface area contributed by atoms with Gasteiger partial charge in [0.1, 0.15) is 17.7 Å². The van der Waals surface area contributed by atoms with Gasteiger partial charge in [-0.3, -0.25) is 19.4 Å². The number of halogens is 2. The van der Waals surface area contributed by atoms with Crippen molar-refractivity contribution in [3.05, 3.63) is 96.1 Å². The van der Waals surface area contributed by atoms with Crippen LogP contribution in [0, 0.1) is 11.6 Å². The van der Waals surface area contributed by atoms with Gasteiger partial charge >= 0.3 is 0 Å². The predicted molar refractivity (Wildman–Crippen MR) is 159 cm³/mol. The van der Waals surface area contributed by atoms with E-state index in [1.165, 1.54) is 59.0 Å². The Labute approximate surface area is 244 Å². The van der Waals surface area contributed by atoms with E-state index in [4.69, 9.17) is 12.2 Å². The summed E-state index contributed by atoms with van der Waals surface area (Å²) in [5, 5.41) is 3.03. The molecule has 2 fully saturated rings. The Balaban J connectivity index is 1.20. The molecule has 0 bridgehead atoms. The Morgan fingerprint density at radius 2 is 1.44 bits per heavy atom. The molecule has 7 nitrogen and oxygen atoms in total. The number of anilines is 2. The molecule has 0 saturated carbocycles. The molecule has 0 unspecified atom stereocenters. The highest BCUT2D eigenvalue weighted by atomic mass is 32.1. The number of thiocarbonyl (C=S) groups is 1. The molecule has 2 saturated heterocycles. The zero-order valence-corrected chi connectivity index (χ0v) is 23.5. The third-order valence-corrected chi connectivity index (χ3v) is 7.91. The van der Waals surface area contributed by atoms with Gasteiger partial charge in [0.15, 0.2) is 5.11 Å². The van der Waals surface area contributed by atoms with E-state index in [9.17, 15) is 18.4 Å².